The minimum absolute atomic E-state index is 0.0895. The molecule has 2 atom stereocenters. The highest BCUT2D eigenvalue weighted by Crippen LogP contribution is 2.29. The van der Waals surface area contributed by atoms with E-state index in [4.69, 9.17) is 0 Å². The number of aliphatic hydroxyl groups excluding tert-OH is 1. The topological polar surface area (TPSA) is 20.2 Å². The molecule has 0 rings (SSSR count). The summed E-state index contributed by atoms with van der Waals surface area (Å²) in [5, 5.41) is 9.92. The van der Waals surface area contributed by atoms with Gasteiger partial charge in [-0.25, -0.2) is 0 Å². The summed E-state index contributed by atoms with van der Waals surface area (Å²) in [7, 11) is 0. The van der Waals surface area contributed by atoms with Gasteiger partial charge in [-0.05, 0) is 12.8 Å². The molecule has 0 spiro atoms. The van der Waals surface area contributed by atoms with Crippen LogP contribution < -0.4 is 0 Å². The van der Waals surface area contributed by atoms with E-state index >= 15 is 0 Å². The van der Waals surface area contributed by atoms with E-state index in [1.807, 2.05) is 6.08 Å². The van der Waals surface area contributed by atoms with Crippen LogP contribution in [-0.2, 0) is 0 Å². The van der Waals surface area contributed by atoms with Gasteiger partial charge in [0.15, 0.2) is 0 Å². The molecule has 0 aliphatic heterocycles. The first-order valence-corrected chi connectivity index (χ1v) is 5.42. The lowest BCUT2D eigenvalue weighted by molar-refractivity contribution is 0.0579. The Morgan fingerprint density at radius 2 is 2.00 bits per heavy atom. The summed E-state index contributed by atoms with van der Waals surface area (Å²) >= 11 is 0. The Labute approximate surface area is 82.9 Å². The van der Waals surface area contributed by atoms with Crippen molar-refractivity contribution in [3.05, 3.63) is 12.7 Å². The van der Waals surface area contributed by atoms with Crippen LogP contribution in [0.5, 0.6) is 0 Å². The molecular formula is C12H24O. The molecular weight excluding hydrogens is 160 g/mol. The van der Waals surface area contributed by atoms with Crippen molar-refractivity contribution in [1.29, 1.82) is 0 Å². The van der Waals surface area contributed by atoms with Crippen LogP contribution in [0.2, 0.25) is 0 Å². The molecule has 0 aliphatic carbocycles. The fraction of sp³-hybridized carbons (Fsp3) is 0.833. The highest BCUT2D eigenvalue weighted by atomic mass is 16.3. The van der Waals surface area contributed by atoms with Crippen LogP contribution in [0.15, 0.2) is 12.7 Å². The SMILES string of the molecule is C=C[C@](C)(CC)[C@H](O)CCCCC. The van der Waals surface area contributed by atoms with Crippen molar-refractivity contribution in [1.82, 2.24) is 0 Å². The maximum absolute atomic E-state index is 9.92. The second-order valence-corrected chi connectivity index (χ2v) is 4.08. The molecule has 1 nitrogen and oxygen atoms in total. The molecule has 0 heterocycles. The van der Waals surface area contributed by atoms with Crippen LogP contribution in [0.1, 0.15) is 52.9 Å². The predicted molar refractivity (Wildman–Crippen MR) is 58.7 cm³/mol. The van der Waals surface area contributed by atoms with Crippen molar-refractivity contribution in [2.45, 2.75) is 59.0 Å². The van der Waals surface area contributed by atoms with Crippen molar-refractivity contribution in [2.24, 2.45) is 5.41 Å². The van der Waals surface area contributed by atoms with E-state index < -0.39 is 0 Å². The number of hydrogen-bond acceptors (Lipinski definition) is 1. The second kappa shape index (κ2) is 6.20. The smallest absolute Gasteiger partial charge is 0.0628 e. The fourth-order valence-corrected chi connectivity index (χ4v) is 1.43. The van der Waals surface area contributed by atoms with Crippen LogP contribution in [0.3, 0.4) is 0 Å². The van der Waals surface area contributed by atoms with E-state index in [-0.39, 0.29) is 11.5 Å². The van der Waals surface area contributed by atoms with Gasteiger partial charge in [0.1, 0.15) is 0 Å². The van der Waals surface area contributed by atoms with Gasteiger partial charge in [0.05, 0.1) is 6.10 Å². The van der Waals surface area contributed by atoms with E-state index in [9.17, 15) is 5.11 Å². The first-order chi connectivity index (χ1) is 6.10. The van der Waals surface area contributed by atoms with Crippen LogP contribution in [0, 0.1) is 5.41 Å². The Morgan fingerprint density at radius 3 is 2.38 bits per heavy atom. The zero-order valence-corrected chi connectivity index (χ0v) is 9.34. The van der Waals surface area contributed by atoms with Crippen molar-refractivity contribution in [3.8, 4) is 0 Å². The summed E-state index contributed by atoms with van der Waals surface area (Å²) < 4.78 is 0. The minimum atomic E-state index is -0.221. The van der Waals surface area contributed by atoms with E-state index in [0.29, 0.717) is 0 Å². The molecule has 0 unspecified atom stereocenters. The van der Waals surface area contributed by atoms with Gasteiger partial charge in [-0.1, -0.05) is 46.1 Å². The zero-order chi connectivity index (χ0) is 10.3. The Bertz CT molecular complexity index is 142. The molecule has 1 N–H and O–H groups in total. The second-order valence-electron chi connectivity index (χ2n) is 4.08. The Balaban J connectivity index is 3.91. The first kappa shape index (κ1) is 12.7. The number of hydrogen-bond donors (Lipinski definition) is 1. The van der Waals surface area contributed by atoms with Gasteiger partial charge in [-0.2, -0.15) is 0 Å². The van der Waals surface area contributed by atoms with E-state index in [0.717, 1.165) is 19.3 Å². The van der Waals surface area contributed by atoms with E-state index in [1.54, 1.807) is 0 Å². The van der Waals surface area contributed by atoms with Gasteiger partial charge in [0, 0.05) is 5.41 Å². The summed E-state index contributed by atoms with van der Waals surface area (Å²) in [6.07, 6.45) is 7.10. The summed E-state index contributed by atoms with van der Waals surface area (Å²) in [6.45, 7) is 10.2. The van der Waals surface area contributed by atoms with E-state index in [2.05, 4.69) is 27.4 Å². The van der Waals surface area contributed by atoms with Crippen molar-refractivity contribution < 1.29 is 5.11 Å². The number of rotatable bonds is 7. The lowest BCUT2D eigenvalue weighted by atomic mass is 9.79. The van der Waals surface area contributed by atoms with Crippen LogP contribution in [-0.4, -0.2) is 11.2 Å². The standard InChI is InChI=1S/C12H24O/c1-5-8-9-10-11(13)12(4,6-2)7-3/h6,11,13H,2,5,7-10H2,1,3-4H3/t11-,12-/m1/s1. The third-order valence-corrected chi connectivity index (χ3v) is 3.07. The van der Waals surface area contributed by atoms with Crippen molar-refractivity contribution >= 4 is 0 Å². The van der Waals surface area contributed by atoms with E-state index in [1.165, 1.54) is 12.8 Å². The highest BCUT2D eigenvalue weighted by molar-refractivity contribution is 4.95. The molecule has 0 fully saturated rings. The maximum Gasteiger partial charge on any atom is 0.0628 e. The first-order valence-electron chi connectivity index (χ1n) is 5.42. The zero-order valence-electron chi connectivity index (χ0n) is 9.34. The molecule has 0 bridgehead atoms. The minimum Gasteiger partial charge on any atom is -0.392 e. The van der Waals surface area contributed by atoms with Gasteiger partial charge in [-0.3, -0.25) is 0 Å². The van der Waals surface area contributed by atoms with Gasteiger partial charge in [-0.15, -0.1) is 6.58 Å². The molecule has 1 heteroatoms. The number of aliphatic hydroxyl groups is 1. The Morgan fingerprint density at radius 1 is 1.38 bits per heavy atom. The Kier molecular flexibility index (Phi) is 6.06. The highest BCUT2D eigenvalue weighted by Gasteiger charge is 2.26. The van der Waals surface area contributed by atoms with Gasteiger partial charge in [0.2, 0.25) is 0 Å². The van der Waals surface area contributed by atoms with Crippen molar-refractivity contribution in [2.75, 3.05) is 0 Å². The monoisotopic (exact) mass is 184 g/mol. The van der Waals surface area contributed by atoms with Gasteiger partial charge in [0.25, 0.3) is 0 Å². The molecule has 0 saturated carbocycles. The molecule has 0 aromatic heterocycles. The fourth-order valence-electron chi connectivity index (χ4n) is 1.43. The van der Waals surface area contributed by atoms with Crippen LogP contribution in [0.25, 0.3) is 0 Å². The summed E-state index contributed by atoms with van der Waals surface area (Å²) in [5.41, 5.74) is -0.0895. The largest absolute Gasteiger partial charge is 0.392 e. The summed E-state index contributed by atoms with van der Waals surface area (Å²) in [5.74, 6) is 0. The maximum atomic E-state index is 9.92. The molecule has 78 valence electrons. The predicted octanol–water partition coefficient (Wildman–Crippen LogP) is 3.53. The molecule has 0 amide bonds. The molecule has 13 heavy (non-hydrogen) atoms. The van der Waals surface area contributed by atoms with Crippen molar-refractivity contribution in [3.63, 3.8) is 0 Å². The third-order valence-electron chi connectivity index (χ3n) is 3.07. The number of unbranched alkanes of at least 4 members (excludes halogenated alkanes) is 2. The lowest BCUT2D eigenvalue weighted by Crippen LogP contribution is -2.29. The van der Waals surface area contributed by atoms with Crippen LogP contribution >= 0.6 is 0 Å². The Hall–Kier alpha value is -0.300. The lowest BCUT2D eigenvalue weighted by Gasteiger charge is -2.30. The van der Waals surface area contributed by atoms with Gasteiger partial charge >= 0.3 is 0 Å². The third kappa shape index (κ3) is 3.95. The quantitative estimate of drug-likeness (QED) is 0.474. The summed E-state index contributed by atoms with van der Waals surface area (Å²) in [6, 6.07) is 0. The van der Waals surface area contributed by atoms with Crippen LogP contribution in [0.4, 0.5) is 0 Å². The molecule has 0 radical (unpaired) electrons. The molecule has 0 aromatic carbocycles. The average molecular weight is 184 g/mol. The average Bonchev–Trinajstić information content (AvgIpc) is 2.17. The summed E-state index contributed by atoms with van der Waals surface area (Å²) in [4.78, 5) is 0. The molecule has 0 aliphatic rings. The normalized spacial score (nSPS) is 17.8. The molecule has 0 saturated heterocycles. The van der Waals surface area contributed by atoms with Gasteiger partial charge < -0.3 is 5.11 Å². The molecule has 0 aromatic rings.